The number of nitrogens with one attached hydrogen (secondary N) is 2. The van der Waals surface area contributed by atoms with Gasteiger partial charge in [0.25, 0.3) is 0 Å². The van der Waals surface area contributed by atoms with Crippen LogP contribution in [0.5, 0.6) is 0 Å². The van der Waals surface area contributed by atoms with Crippen molar-refractivity contribution in [1.82, 2.24) is 10.6 Å². The molecule has 0 unspecified atom stereocenters. The number of hydrogen-bond acceptors (Lipinski definition) is 6. The summed E-state index contributed by atoms with van der Waals surface area (Å²) < 4.78 is 20.1. The molecule has 1 aliphatic heterocycles. The molecule has 0 saturated carbocycles. The molecule has 0 radical (unpaired) electrons. The molecule has 2 atom stereocenters. The number of ether oxygens (including phenoxy) is 1. The summed E-state index contributed by atoms with van der Waals surface area (Å²) in [6, 6.07) is 11.2. The van der Waals surface area contributed by atoms with Gasteiger partial charge >= 0.3 is 6.09 Å². The number of rotatable bonds is 10. The fourth-order valence-electron chi connectivity index (χ4n) is 3.50. The average molecular weight is 489 g/mol. The molecule has 4 N–H and O–H groups in total. The lowest BCUT2D eigenvalue weighted by Crippen LogP contribution is -2.40. The van der Waals surface area contributed by atoms with Crippen LogP contribution in [0.25, 0.3) is 11.1 Å². The Morgan fingerprint density at radius 1 is 1.24 bits per heavy atom. The Bertz CT molecular complexity index is 1030. The van der Waals surface area contributed by atoms with E-state index < -0.39 is 24.1 Å². The highest BCUT2D eigenvalue weighted by Crippen LogP contribution is 2.29. The molecule has 10 heteroatoms. The molecule has 0 spiro atoms. The first-order valence-corrected chi connectivity index (χ1v) is 12.3. The number of carbonyl (C=O) groups is 3. The molecule has 1 saturated heterocycles. The van der Waals surface area contributed by atoms with Crippen molar-refractivity contribution >= 4 is 35.4 Å². The minimum absolute atomic E-state index is 0.195. The van der Waals surface area contributed by atoms with Gasteiger partial charge in [0.05, 0.1) is 24.8 Å². The standard InChI is InChI=1S/C24H29FN4O4S/c1-15(30)27-13-19-14-29(24(32)33-19)18-7-8-20(21(25)11-18)17-5-3-16(4-6-17)12-28-23(31)22(26)9-10-34-2/h3-8,11,19,22H,9-10,12-14,26H2,1-2H3,(H,27,30)(H,28,31)/t19-,22-/m0/s1. The molecule has 1 fully saturated rings. The normalized spacial score (nSPS) is 16.2. The van der Waals surface area contributed by atoms with Crippen molar-refractivity contribution in [3.05, 3.63) is 53.8 Å². The summed E-state index contributed by atoms with van der Waals surface area (Å²) in [5.41, 5.74) is 8.18. The van der Waals surface area contributed by atoms with Gasteiger partial charge < -0.3 is 21.1 Å². The molecular formula is C24H29FN4O4S. The summed E-state index contributed by atoms with van der Waals surface area (Å²) in [6.45, 7) is 2.15. The molecule has 0 aliphatic carbocycles. The van der Waals surface area contributed by atoms with E-state index in [-0.39, 0.29) is 24.9 Å². The van der Waals surface area contributed by atoms with Crippen molar-refractivity contribution in [2.24, 2.45) is 5.73 Å². The van der Waals surface area contributed by atoms with Crippen molar-refractivity contribution in [1.29, 1.82) is 0 Å². The zero-order valence-electron chi connectivity index (χ0n) is 19.2. The zero-order valence-corrected chi connectivity index (χ0v) is 20.0. The molecule has 1 heterocycles. The Kier molecular flexibility index (Phi) is 8.89. The minimum Gasteiger partial charge on any atom is -0.442 e. The van der Waals surface area contributed by atoms with E-state index in [1.165, 1.54) is 17.9 Å². The molecule has 8 nitrogen and oxygen atoms in total. The fourth-order valence-corrected chi connectivity index (χ4v) is 3.99. The predicted molar refractivity (Wildman–Crippen MR) is 131 cm³/mol. The van der Waals surface area contributed by atoms with E-state index in [0.29, 0.717) is 29.8 Å². The van der Waals surface area contributed by atoms with E-state index in [2.05, 4.69) is 10.6 Å². The lowest BCUT2D eigenvalue weighted by molar-refractivity contribution is -0.122. The Morgan fingerprint density at radius 2 is 1.97 bits per heavy atom. The van der Waals surface area contributed by atoms with Gasteiger partial charge in [-0.2, -0.15) is 11.8 Å². The van der Waals surface area contributed by atoms with Crippen LogP contribution < -0.4 is 21.3 Å². The van der Waals surface area contributed by atoms with Crippen LogP contribution in [0.4, 0.5) is 14.9 Å². The third-order valence-electron chi connectivity index (χ3n) is 5.42. The highest BCUT2D eigenvalue weighted by Gasteiger charge is 2.32. The number of cyclic esters (lactones) is 1. The lowest BCUT2D eigenvalue weighted by atomic mass is 10.0. The van der Waals surface area contributed by atoms with Crippen LogP contribution in [0.3, 0.4) is 0 Å². The van der Waals surface area contributed by atoms with Crippen molar-refractivity contribution in [3.63, 3.8) is 0 Å². The Morgan fingerprint density at radius 3 is 2.62 bits per heavy atom. The van der Waals surface area contributed by atoms with Gasteiger partial charge in [0, 0.05) is 19.0 Å². The maximum absolute atomic E-state index is 14.9. The molecular weight excluding hydrogens is 459 g/mol. The quantitative estimate of drug-likeness (QED) is 0.474. The molecule has 2 aromatic carbocycles. The van der Waals surface area contributed by atoms with Gasteiger partial charge in [-0.15, -0.1) is 0 Å². The van der Waals surface area contributed by atoms with Gasteiger partial charge in [-0.3, -0.25) is 14.5 Å². The Hall–Kier alpha value is -3.11. The van der Waals surface area contributed by atoms with Gasteiger partial charge in [-0.25, -0.2) is 9.18 Å². The smallest absolute Gasteiger partial charge is 0.414 e. The van der Waals surface area contributed by atoms with E-state index >= 15 is 0 Å². The first-order valence-electron chi connectivity index (χ1n) is 10.9. The number of nitrogens with zero attached hydrogens (tertiary/aromatic N) is 1. The van der Waals surface area contributed by atoms with Gasteiger partial charge in [-0.1, -0.05) is 24.3 Å². The summed E-state index contributed by atoms with van der Waals surface area (Å²) in [5, 5.41) is 5.43. The van der Waals surface area contributed by atoms with Crippen LogP contribution in [0.15, 0.2) is 42.5 Å². The first-order chi connectivity index (χ1) is 16.3. The second kappa shape index (κ2) is 11.8. The molecule has 1 aliphatic rings. The van der Waals surface area contributed by atoms with E-state index in [1.807, 2.05) is 18.4 Å². The summed E-state index contributed by atoms with van der Waals surface area (Å²) >= 11 is 1.64. The summed E-state index contributed by atoms with van der Waals surface area (Å²) in [7, 11) is 0. The highest BCUT2D eigenvalue weighted by atomic mass is 32.2. The average Bonchev–Trinajstić information content (AvgIpc) is 3.20. The van der Waals surface area contributed by atoms with Crippen LogP contribution in [0.1, 0.15) is 18.9 Å². The number of anilines is 1. The van der Waals surface area contributed by atoms with E-state index in [4.69, 9.17) is 10.5 Å². The largest absolute Gasteiger partial charge is 0.442 e. The zero-order chi connectivity index (χ0) is 24.7. The van der Waals surface area contributed by atoms with Crippen LogP contribution in [0, 0.1) is 5.82 Å². The summed E-state index contributed by atoms with van der Waals surface area (Å²) in [4.78, 5) is 36.6. The second-order valence-corrected chi connectivity index (χ2v) is 9.01. The SMILES string of the molecule is CSCC[C@H](N)C(=O)NCc1ccc(-c2ccc(N3C[C@H](CNC(C)=O)OC3=O)cc2F)cc1. The van der Waals surface area contributed by atoms with E-state index in [1.54, 1.807) is 36.0 Å². The van der Waals surface area contributed by atoms with Crippen LogP contribution in [-0.2, 0) is 20.9 Å². The number of nitrogens with two attached hydrogens (primary N) is 1. The summed E-state index contributed by atoms with van der Waals surface area (Å²) in [5.74, 6) is -0.0616. The van der Waals surface area contributed by atoms with Crippen LogP contribution in [-0.4, -0.2) is 55.2 Å². The van der Waals surface area contributed by atoms with Gasteiger partial charge in [-0.05, 0) is 47.8 Å². The summed E-state index contributed by atoms with van der Waals surface area (Å²) in [6.07, 6.45) is 1.51. The molecule has 34 heavy (non-hydrogen) atoms. The maximum atomic E-state index is 14.9. The minimum atomic E-state index is -0.581. The first kappa shape index (κ1) is 25.5. The number of benzene rings is 2. The number of hydrogen-bond donors (Lipinski definition) is 3. The van der Waals surface area contributed by atoms with Gasteiger partial charge in [0.2, 0.25) is 11.8 Å². The molecule has 2 aromatic rings. The third kappa shape index (κ3) is 6.71. The number of halogens is 1. The van der Waals surface area contributed by atoms with Crippen LogP contribution >= 0.6 is 11.8 Å². The topological polar surface area (TPSA) is 114 Å². The molecule has 182 valence electrons. The van der Waals surface area contributed by atoms with Crippen molar-refractivity contribution in [2.45, 2.75) is 32.0 Å². The monoisotopic (exact) mass is 488 g/mol. The van der Waals surface area contributed by atoms with E-state index in [9.17, 15) is 18.8 Å². The number of thioether (sulfide) groups is 1. The van der Waals surface area contributed by atoms with Crippen molar-refractivity contribution in [2.75, 3.05) is 30.0 Å². The highest BCUT2D eigenvalue weighted by molar-refractivity contribution is 7.98. The fraction of sp³-hybridized carbons (Fsp3) is 0.375. The predicted octanol–water partition coefficient (Wildman–Crippen LogP) is 2.65. The number of amides is 3. The Balaban J connectivity index is 1.61. The number of carbonyl (C=O) groups excluding carboxylic acids is 3. The molecule has 0 bridgehead atoms. The molecule has 0 aromatic heterocycles. The van der Waals surface area contributed by atoms with Crippen molar-refractivity contribution < 1.29 is 23.5 Å². The Labute approximate surface area is 202 Å². The van der Waals surface area contributed by atoms with Crippen molar-refractivity contribution in [3.8, 4) is 11.1 Å². The van der Waals surface area contributed by atoms with Gasteiger partial charge in [0.1, 0.15) is 11.9 Å². The van der Waals surface area contributed by atoms with Gasteiger partial charge in [0.15, 0.2) is 0 Å². The lowest BCUT2D eigenvalue weighted by Gasteiger charge is -2.15. The second-order valence-electron chi connectivity index (χ2n) is 8.02. The third-order valence-corrected chi connectivity index (χ3v) is 6.06. The van der Waals surface area contributed by atoms with Crippen LogP contribution in [0.2, 0.25) is 0 Å². The molecule has 3 amide bonds. The maximum Gasteiger partial charge on any atom is 0.414 e. The van der Waals surface area contributed by atoms with E-state index in [0.717, 1.165) is 11.3 Å². The molecule has 3 rings (SSSR count).